The van der Waals surface area contributed by atoms with Crippen molar-refractivity contribution in [3.63, 3.8) is 0 Å². The number of thiocarbonyl (C=S) groups is 1. The molecule has 0 atom stereocenters. The molecule has 0 unspecified atom stereocenters. The maximum atomic E-state index is 12.6. The van der Waals surface area contributed by atoms with Crippen molar-refractivity contribution in [2.75, 3.05) is 38.7 Å². The molecular weight excluding hydrogens is 278 g/mol. The molecule has 1 aromatic heterocycles. The van der Waals surface area contributed by atoms with E-state index in [0.717, 1.165) is 0 Å². The van der Waals surface area contributed by atoms with Crippen LogP contribution in [-0.4, -0.2) is 59.1 Å². The summed E-state index contributed by atoms with van der Waals surface area (Å²) >= 11 is 5.08. The molecule has 110 valence electrons. The Hall–Kier alpha value is -1.67. The van der Waals surface area contributed by atoms with Crippen LogP contribution in [0.4, 0.5) is 5.69 Å². The third-order valence-electron chi connectivity index (χ3n) is 3.12. The Bertz CT molecular complexity index is 496. The molecule has 0 radical (unpaired) electrons. The fourth-order valence-electron chi connectivity index (χ4n) is 2.04. The lowest BCUT2D eigenvalue weighted by Crippen LogP contribution is -2.42. The molecule has 0 saturated carbocycles. The highest BCUT2D eigenvalue weighted by Gasteiger charge is 2.25. The van der Waals surface area contributed by atoms with Gasteiger partial charge >= 0.3 is 0 Å². The SMILES string of the molecule is CCn1ncc(NC(=S)NC)c1C(=O)N1CCOCC1. The first kappa shape index (κ1) is 14.7. The van der Waals surface area contributed by atoms with Crippen LogP contribution in [0.2, 0.25) is 0 Å². The number of morpholine rings is 1. The Kier molecular flexibility index (Phi) is 4.91. The first-order valence-electron chi connectivity index (χ1n) is 6.59. The third kappa shape index (κ3) is 3.07. The topological polar surface area (TPSA) is 71.4 Å². The van der Waals surface area contributed by atoms with Gasteiger partial charge in [-0.1, -0.05) is 0 Å². The van der Waals surface area contributed by atoms with Crippen molar-refractivity contribution >= 4 is 28.9 Å². The maximum absolute atomic E-state index is 12.6. The van der Waals surface area contributed by atoms with Crippen molar-refractivity contribution in [1.82, 2.24) is 20.0 Å². The van der Waals surface area contributed by atoms with Crippen molar-refractivity contribution in [3.8, 4) is 0 Å². The minimum absolute atomic E-state index is 0.0472. The fraction of sp³-hybridized carbons (Fsp3) is 0.583. The number of amides is 1. The van der Waals surface area contributed by atoms with Gasteiger partial charge in [0.05, 0.1) is 25.1 Å². The lowest BCUT2D eigenvalue weighted by molar-refractivity contribution is 0.0295. The Morgan fingerprint density at radius 3 is 2.80 bits per heavy atom. The molecule has 1 amide bonds. The van der Waals surface area contributed by atoms with Gasteiger partial charge < -0.3 is 20.3 Å². The number of hydrogen-bond donors (Lipinski definition) is 2. The van der Waals surface area contributed by atoms with Gasteiger partial charge in [-0.15, -0.1) is 0 Å². The second-order valence-electron chi connectivity index (χ2n) is 4.33. The highest BCUT2D eigenvalue weighted by atomic mass is 32.1. The van der Waals surface area contributed by atoms with E-state index >= 15 is 0 Å². The van der Waals surface area contributed by atoms with Crippen LogP contribution in [0.3, 0.4) is 0 Å². The molecule has 1 saturated heterocycles. The zero-order valence-corrected chi connectivity index (χ0v) is 12.5. The summed E-state index contributed by atoms with van der Waals surface area (Å²) < 4.78 is 6.95. The molecule has 2 N–H and O–H groups in total. The van der Waals surface area contributed by atoms with Gasteiger partial charge in [0.1, 0.15) is 5.69 Å². The summed E-state index contributed by atoms with van der Waals surface area (Å²) in [5, 5.41) is 10.5. The minimum atomic E-state index is -0.0472. The van der Waals surface area contributed by atoms with Gasteiger partial charge in [-0.25, -0.2) is 0 Å². The van der Waals surface area contributed by atoms with E-state index in [1.165, 1.54) is 0 Å². The lowest BCUT2D eigenvalue weighted by atomic mass is 10.3. The van der Waals surface area contributed by atoms with Crippen molar-refractivity contribution in [1.29, 1.82) is 0 Å². The van der Waals surface area contributed by atoms with Crippen LogP contribution in [0.25, 0.3) is 0 Å². The average Bonchev–Trinajstić information content (AvgIpc) is 2.89. The van der Waals surface area contributed by atoms with Crippen LogP contribution >= 0.6 is 12.2 Å². The summed E-state index contributed by atoms with van der Waals surface area (Å²) in [4.78, 5) is 14.4. The molecule has 7 nitrogen and oxygen atoms in total. The summed E-state index contributed by atoms with van der Waals surface area (Å²) in [6, 6.07) is 0. The molecule has 20 heavy (non-hydrogen) atoms. The number of nitrogens with zero attached hydrogens (tertiary/aromatic N) is 3. The number of hydrogen-bond acceptors (Lipinski definition) is 4. The number of aryl methyl sites for hydroxylation is 1. The molecule has 1 aliphatic rings. The molecule has 0 aliphatic carbocycles. The molecule has 1 fully saturated rings. The first-order chi connectivity index (χ1) is 9.67. The quantitative estimate of drug-likeness (QED) is 0.782. The molecule has 1 aromatic rings. The Morgan fingerprint density at radius 2 is 2.20 bits per heavy atom. The Balaban J connectivity index is 2.25. The van der Waals surface area contributed by atoms with Gasteiger partial charge in [0.15, 0.2) is 5.11 Å². The number of carbonyl (C=O) groups is 1. The van der Waals surface area contributed by atoms with Crippen molar-refractivity contribution in [2.45, 2.75) is 13.5 Å². The van der Waals surface area contributed by atoms with E-state index in [1.807, 2.05) is 6.92 Å². The van der Waals surface area contributed by atoms with E-state index in [-0.39, 0.29) is 5.91 Å². The van der Waals surface area contributed by atoms with E-state index in [0.29, 0.717) is 49.3 Å². The number of ether oxygens (including phenoxy) is 1. The Labute approximate surface area is 123 Å². The van der Waals surface area contributed by atoms with E-state index in [2.05, 4.69) is 15.7 Å². The van der Waals surface area contributed by atoms with Crippen molar-refractivity contribution in [3.05, 3.63) is 11.9 Å². The van der Waals surface area contributed by atoms with Crippen LogP contribution in [0.5, 0.6) is 0 Å². The van der Waals surface area contributed by atoms with Gasteiger partial charge in [0.2, 0.25) is 0 Å². The molecule has 0 spiro atoms. The second kappa shape index (κ2) is 6.67. The second-order valence-corrected chi connectivity index (χ2v) is 4.74. The van der Waals surface area contributed by atoms with Gasteiger partial charge in [0.25, 0.3) is 5.91 Å². The van der Waals surface area contributed by atoms with Gasteiger partial charge in [-0.3, -0.25) is 9.48 Å². The van der Waals surface area contributed by atoms with E-state index < -0.39 is 0 Å². The van der Waals surface area contributed by atoms with E-state index in [9.17, 15) is 4.79 Å². The highest BCUT2D eigenvalue weighted by Crippen LogP contribution is 2.18. The fourth-order valence-corrected chi connectivity index (χ4v) is 2.15. The summed E-state index contributed by atoms with van der Waals surface area (Å²) in [6.07, 6.45) is 1.63. The normalized spacial score (nSPS) is 15.0. The smallest absolute Gasteiger partial charge is 0.274 e. The molecule has 1 aliphatic heterocycles. The lowest BCUT2D eigenvalue weighted by Gasteiger charge is -2.27. The molecule has 2 rings (SSSR count). The summed E-state index contributed by atoms with van der Waals surface area (Å²) in [5.41, 5.74) is 1.16. The zero-order chi connectivity index (χ0) is 14.5. The highest BCUT2D eigenvalue weighted by molar-refractivity contribution is 7.80. The van der Waals surface area contributed by atoms with Gasteiger partial charge in [0, 0.05) is 26.7 Å². The molecule has 0 aromatic carbocycles. The van der Waals surface area contributed by atoms with E-state index in [4.69, 9.17) is 17.0 Å². The minimum Gasteiger partial charge on any atom is -0.378 e. The molecule has 2 heterocycles. The van der Waals surface area contributed by atoms with Crippen LogP contribution in [0.1, 0.15) is 17.4 Å². The number of rotatable bonds is 3. The van der Waals surface area contributed by atoms with Crippen molar-refractivity contribution < 1.29 is 9.53 Å². The number of anilines is 1. The average molecular weight is 297 g/mol. The summed E-state index contributed by atoms with van der Waals surface area (Å²) in [7, 11) is 1.73. The van der Waals surface area contributed by atoms with Gasteiger partial charge in [-0.2, -0.15) is 5.10 Å². The molecule has 0 bridgehead atoms. The van der Waals surface area contributed by atoms with Crippen LogP contribution < -0.4 is 10.6 Å². The first-order valence-corrected chi connectivity index (χ1v) is 6.99. The number of aromatic nitrogens is 2. The predicted molar refractivity (Wildman–Crippen MR) is 79.9 cm³/mol. The number of nitrogens with one attached hydrogen (secondary N) is 2. The van der Waals surface area contributed by atoms with Gasteiger partial charge in [-0.05, 0) is 19.1 Å². The summed E-state index contributed by atoms with van der Waals surface area (Å²) in [5.74, 6) is -0.0472. The third-order valence-corrected chi connectivity index (χ3v) is 3.42. The number of carbonyl (C=O) groups excluding carboxylic acids is 1. The molecular formula is C12H19N5O2S. The zero-order valence-electron chi connectivity index (χ0n) is 11.7. The Morgan fingerprint density at radius 1 is 1.50 bits per heavy atom. The largest absolute Gasteiger partial charge is 0.378 e. The molecule has 8 heteroatoms. The van der Waals surface area contributed by atoms with Crippen LogP contribution in [0, 0.1) is 0 Å². The van der Waals surface area contributed by atoms with E-state index in [1.54, 1.807) is 22.8 Å². The summed E-state index contributed by atoms with van der Waals surface area (Å²) in [6.45, 7) is 4.92. The van der Waals surface area contributed by atoms with Crippen LogP contribution in [0.15, 0.2) is 6.20 Å². The maximum Gasteiger partial charge on any atom is 0.274 e. The predicted octanol–water partition coefficient (Wildman–Crippen LogP) is 0.292. The standard InChI is InChI=1S/C12H19N5O2S/c1-3-17-10(9(8-14-17)15-12(20)13-2)11(18)16-4-6-19-7-5-16/h8H,3-7H2,1-2H3,(H2,13,15,20). The monoisotopic (exact) mass is 297 g/mol. The van der Waals surface area contributed by atoms with Crippen LogP contribution in [-0.2, 0) is 11.3 Å². The van der Waals surface area contributed by atoms with Crippen molar-refractivity contribution in [2.24, 2.45) is 0 Å².